The van der Waals surface area contributed by atoms with Crippen molar-refractivity contribution in [2.75, 3.05) is 16.8 Å². The number of halogens is 1. The Balaban J connectivity index is 1.69. The number of nitrogens with one attached hydrogen (secondary N) is 1. The molecule has 0 aliphatic carbocycles. The van der Waals surface area contributed by atoms with E-state index in [-0.39, 0.29) is 11.9 Å². The predicted octanol–water partition coefficient (Wildman–Crippen LogP) is 4.81. The molecule has 1 aliphatic rings. The van der Waals surface area contributed by atoms with Crippen LogP contribution in [-0.4, -0.2) is 21.6 Å². The van der Waals surface area contributed by atoms with Gasteiger partial charge in [-0.25, -0.2) is 9.37 Å². The van der Waals surface area contributed by atoms with Crippen molar-refractivity contribution in [2.45, 2.75) is 33.2 Å². The molecule has 3 aromatic rings. The van der Waals surface area contributed by atoms with E-state index in [0.29, 0.717) is 11.7 Å². The second-order valence-electron chi connectivity index (χ2n) is 7.18. The number of hydrogen-bond donors (Lipinski definition) is 2. The highest BCUT2D eigenvalue weighted by Crippen LogP contribution is 2.38. The standard InChI is InChI=1S/C22H23FN4O/c1-13-14(2)24-22(25-17-9-7-16(23)8-10-17)26-21(13)27-12-11-19-18(15(27)3)5-4-6-20(19)28/h4-10,15,28H,11-12H2,1-3H3,(H,24,25,26). The number of hydrogen-bond acceptors (Lipinski definition) is 5. The van der Waals surface area contributed by atoms with E-state index in [0.717, 1.165) is 46.9 Å². The van der Waals surface area contributed by atoms with Crippen LogP contribution in [0.5, 0.6) is 5.75 Å². The molecule has 0 bridgehead atoms. The molecule has 0 saturated heterocycles. The molecule has 6 heteroatoms. The molecule has 0 amide bonds. The predicted molar refractivity (Wildman–Crippen MR) is 109 cm³/mol. The van der Waals surface area contributed by atoms with Gasteiger partial charge in [0, 0.05) is 29.1 Å². The van der Waals surface area contributed by atoms with Gasteiger partial charge in [-0.3, -0.25) is 0 Å². The minimum Gasteiger partial charge on any atom is -0.508 e. The first-order valence-corrected chi connectivity index (χ1v) is 9.39. The summed E-state index contributed by atoms with van der Waals surface area (Å²) in [5.74, 6) is 1.44. The summed E-state index contributed by atoms with van der Waals surface area (Å²) in [5, 5.41) is 13.3. The summed E-state index contributed by atoms with van der Waals surface area (Å²) in [6, 6.07) is 11.9. The maximum Gasteiger partial charge on any atom is 0.229 e. The highest BCUT2D eigenvalue weighted by Gasteiger charge is 2.28. The second kappa shape index (κ2) is 7.11. The van der Waals surface area contributed by atoms with Gasteiger partial charge in [-0.05, 0) is 63.1 Å². The summed E-state index contributed by atoms with van der Waals surface area (Å²) in [5.41, 5.74) is 4.79. The molecule has 2 heterocycles. The van der Waals surface area contributed by atoms with Crippen molar-refractivity contribution in [1.82, 2.24) is 9.97 Å². The number of rotatable bonds is 3. The minimum absolute atomic E-state index is 0.0857. The van der Waals surface area contributed by atoms with E-state index in [4.69, 9.17) is 4.98 Å². The highest BCUT2D eigenvalue weighted by molar-refractivity contribution is 5.60. The van der Waals surface area contributed by atoms with Gasteiger partial charge < -0.3 is 15.3 Å². The van der Waals surface area contributed by atoms with Gasteiger partial charge in [0.2, 0.25) is 5.95 Å². The number of anilines is 3. The minimum atomic E-state index is -0.281. The number of benzene rings is 2. The normalized spacial score (nSPS) is 16.0. The number of aryl methyl sites for hydroxylation is 1. The van der Waals surface area contributed by atoms with E-state index >= 15 is 0 Å². The third-order valence-electron chi connectivity index (χ3n) is 5.44. The monoisotopic (exact) mass is 378 g/mol. The first kappa shape index (κ1) is 18.2. The molecular weight excluding hydrogens is 355 g/mol. The second-order valence-corrected chi connectivity index (χ2v) is 7.18. The molecule has 1 atom stereocenters. The first-order chi connectivity index (χ1) is 13.4. The molecule has 0 radical (unpaired) electrons. The van der Waals surface area contributed by atoms with Gasteiger partial charge in [-0.15, -0.1) is 0 Å². The number of nitrogens with zero attached hydrogens (tertiary/aromatic N) is 3. The van der Waals surface area contributed by atoms with Gasteiger partial charge in [0.1, 0.15) is 17.4 Å². The van der Waals surface area contributed by atoms with Crippen molar-refractivity contribution in [3.63, 3.8) is 0 Å². The third kappa shape index (κ3) is 3.26. The molecule has 0 saturated carbocycles. The van der Waals surface area contributed by atoms with Crippen molar-refractivity contribution < 1.29 is 9.50 Å². The van der Waals surface area contributed by atoms with Crippen LogP contribution in [0.3, 0.4) is 0 Å². The summed E-state index contributed by atoms with van der Waals surface area (Å²) >= 11 is 0. The lowest BCUT2D eigenvalue weighted by molar-refractivity contribution is 0.460. The Morgan fingerprint density at radius 2 is 1.86 bits per heavy atom. The van der Waals surface area contributed by atoms with E-state index in [1.165, 1.54) is 12.1 Å². The Hall–Kier alpha value is -3.15. The molecule has 0 fully saturated rings. The van der Waals surface area contributed by atoms with Crippen LogP contribution < -0.4 is 10.2 Å². The lowest BCUT2D eigenvalue weighted by Crippen LogP contribution is -2.35. The van der Waals surface area contributed by atoms with E-state index < -0.39 is 0 Å². The van der Waals surface area contributed by atoms with Crippen LogP contribution in [0.4, 0.5) is 21.8 Å². The zero-order chi connectivity index (χ0) is 19.8. The van der Waals surface area contributed by atoms with E-state index in [1.54, 1.807) is 18.2 Å². The Morgan fingerprint density at radius 1 is 1.11 bits per heavy atom. The van der Waals surface area contributed by atoms with Crippen LogP contribution in [0.15, 0.2) is 42.5 Å². The van der Waals surface area contributed by atoms with E-state index in [9.17, 15) is 9.50 Å². The summed E-state index contributed by atoms with van der Waals surface area (Å²) in [4.78, 5) is 11.6. The smallest absolute Gasteiger partial charge is 0.229 e. The summed E-state index contributed by atoms with van der Waals surface area (Å²) in [7, 11) is 0. The third-order valence-corrected chi connectivity index (χ3v) is 5.44. The van der Waals surface area contributed by atoms with Crippen LogP contribution in [0.2, 0.25) is 0 Å². The number of aromatic nitrogens is 2. The lowest BCUT2D eigenvalue weighted by Gasteiger charge is -2.37. The summed E-state index contributed by atoms with van der Waals surface area (Å²) in [6.07, 6.45) is 0.759. The molecule has 2 aromatic carbocycles. The van der Waals surface area contributed by atoms with Gasteiger partial charge >= 0.3 is 0 Å². The zero-order valence-corrected chi connectivity index (χ0v) is 16.2. The van der Waals surface area contributed by atoms with Gasteiger partial charge in [0.05, 0.1) is 6.04 Å². The summed E-state index contributed by atoms with van der Waals surface area (Å²) in [6.45, 7) is 6.88. The quantitative estimate of drug-likeness (QED) is 0.685. The summed E-state index contributed by atoms with van der Waals surface area (Å²) < 4.78 is 13.2. The fraction of sp³-hybridized carbons (Fsp3) is 0.273. The molecular formula is C22H23FN4O. The van der Waals surface area contributed by atoms with Crippen LogP contribution in [-0.2, 0) is 6.42 Å². The van der Waals surface area contributed by atoms with E-state index in [1.807, 2.05) is 19.9 Å². The maximum atomic E-state index is 13.2. The van der Waals surface area contributed by atoms with Crippen LogP contribution in [0, 0.1) is 19.7 Å². The van der Waals surface area contributed by atoms with E-state index in [2.05, 4.69) is 28.2 Å². The Bertz CT molecular complexity index is 1020. The zero-order valence-electron chi connectivity index (χ0n) is 16.2. The fourth-order valence-corrected chi connectivity index (χ4v) is 3.75. The van der Waals surface area contributed by atoms with Gasteiger partial charge in [-0.1, -0.05) is 12.1 Å². The van der Waals surface area contributed by atoms with Crippen molar-refractivity contribution in [3.8, 4) is 5.75 Å². The SMILES string of the molecule is Cc1nc(Nc2ccc(F)cc2)nc(N2CCc3c(O)cccc3C2C)c1C. The van der Waals surface area contributed by atoms with Crippen LogP contribution >= 0.6 is 0 Å². The molecule has 2 N–H and O–H groups in total. The highest BCUT2D eigenvalue weighted by atomic mass is 19.1. The molecule has 1 aromatic heterocycles. The Kier molecular flexibility index (Phi) is 4.63. The molecule has 28 heavy (non-hydrogen) atoms. The molecule has 4 rings (SSSR count). The molecule has 1 unspecified atom stereocenters. The largest absolute Gasteiger partial charge is 0.508 e. The lowest BCUT2D eigenvalue weighted by atomic mass is 9.92. The van der Waals surface area contributed by atoms with Gasteiger partial charge in [0.25, 0.3) is 0 Å². The van der Waals surface area contributed by atoms with Crippen molar-refractivity contribution in [3.05, 3.63) is 70.7 Å². The Labute approximate surface area is 163 Å². The van der Waals surface area contributed by atoms with Crippen molar-refractivity contribution >= 4 is 17.5 Å². The van der Waals surface area contributed by atoms with Crippen molar-refractivity contribution in [1.29, 1.82) is 0 Å². The number of fused-ring (bicyclic) bond motifs is 1. The molecule has 0 spiro atoms. The van der Waals surface area contributed by atoms with Crippen LogP contribution in [0.25, 0.3) is 0 Å². The number of phenolic OH excluding ortho intramolecular Hbond substituents is 1. The van der Waals surface area contributed by atoms with Crippen molar-refractivity contribution in [2.24, 2.45) is 0 Å². The maximum absolute atomic E-state index is 13.2. The number of phenols is 1. The fourth-order valence-electron chi connectivity index (χ4n) is 3.75. The van der Waals surface area contributed by atoms with Gasteiger partial charge in [-0.2, -0.15) is 4.98 Å². The van der Waals surface area contributed by atoms with Crippen LogP contribution in [0.1, 0.15) is 35.3 Å². The van der Waals surface area contributed by atoms with Gasteiger partial charge in [0.15, 0.2) is 0 Å². The molecule has 144 valence electrons. The average Bonchev–Trinajstić information content (AvgIpc) is 2.68. The Morgan fingerprint density at radius 3 is 2.61 bits per heavy atom. The average molecular weight is 378 g/mol. The molecule has 5 nitrogen and oxygen atoms in total. The first-order valence-electron chi connectivity index (χ1n) is 9.39. The topological polar surface area (TPSA) is 61.3 Å². The molecule has 1 aliphatic heterocycles. The number of aromatic hydroxyl groups is 1.